The Balaban J connectivity index is 1.75. The highest BCUT2D eigenvalue weighted by atomic mass is 32.2. The van der Waals surface area contributed by atoms with Crippen LogP contribution in [0.2, 0.25) is 0 Å². The molecular weight excluding hydrogens is 370 g/mol. The molecule has 3 rings (SSSR count). The maximum atomic E-state index is 13.7. The summed E-state index contributed by atoms with van der Waals surface area (Å²) in [6.07, 6.45) is 5.41. The van der Waals surface area contributed by atoms with Crippen molar-refractivity contribution in [3.8, 4) is 6.07 Å². The normalized spacial score (nSPS) is 36.8. The number of hydrogen-bond acceptors (Lipinski definition) is 7. The van der Waals surface area contributed by atoms with Gasteiger partial charge in [-0.15, -0.1) is 11.8 Å². The quantitative estimate of drug-likeness (QED) is 0.554. The predicted molar refractivity (Wildman–Crippen MR) is 114 cm³/mol. The second kappa shape index (κ2) is 9.44. The van der Waals surface area contributed by atoms with Gasteiger partial charge < -0.3 is 0 Å². The largest absolute Gasteiger partial charge is 0.296 e. The number of nitrogens with two attached hydrogens (primary N) is 1. The molecule has 0 aromatic heterocycles. The van der Waals surface area contributed by atoms with Gasteiger partial charge >= 0.3 is 0 Å². The Kier molecular flexibility index (Phi) is 7.43. The first-order chi connectivity index (χ1) is 13.3. The Morgan fingerprint density at radius 3 is 2.46 bits per heavy atom. The lowest BCUT2D eigenvalue weighted by Gasteiger charge is -2.48. The van der Waals surface area contributed by atoms with E-state index in [2.05, 4.69) is 36.6 Å². The van der Waals surface area contributed by atoms with Crippen molar-refractivity contribution in [2.24, 2.45) is 17.7 Å². The molecule has 2 N–H and O–H groups in total. The number of ketones is 1. The van der Waals surface area contributed by atoms with E-state index in [1.807, 2.05) is 6.92 Å². The second-order valence-corrected chi connectivity index (χ2v) is 10.2. The molecule has 1 saturated carbocycles. The molecule has 7 heteroatoms. The zero-order chi connectivity index (χ0) is 20.4. The van der Waals surface area contributed by atoms with E-state index >= 15 is 0 Å². The topological polar surface area (TPSA) is 76.6 Å². The van der Waals surface area contributed by atoms with Crippen LogP contribution in [0.1, 0.15) is 59.8 Å². The van der Waals surface area contributed by atoms with Gasteiger partial charge in [0.05, 0.1) is 24.3 Å². The van der Waals surface area contributed by atoms with Crippen molar-refractivity contribution in [1.82, 2.24) is 14.8 Å². The molecule has 6 nitrogen and oxygen atoms in total. The maximum Gasteiger partial charge on any atom is 0.168 e. The minimum atomic E-state index is -0.251. The van der Waals surface area contributed by atoms with Gasteiger partial charge in [0.25, 0.3) is 0 Å². The van der Waals surface area contributed by atoms with Gasteiger partial charge in [-0.3, -0.25) is 20.4 Å². The Bertz CT molecular complexity index is 586. The third-order valence-corrected chi connectivity index (χ3v) is 8.18. The molecule has 2 aliphatic heterocycles. The lowest BCUT2D eigenvalue weighted by atomic mass is 9.74. The average molecular weight is 408 g/mol. The zero-order valence-electron chi connectivity index (χ0n) is 17.9. The van der Waals surface area contributed by atoms with Crippen LogP contribution < -0.4 is 5.84 Å². The molecule has 3 aliphatic rings. The van der Waals surface area contributed by atoms with E-state index in [0.29, 0.717) is 17.7 Å². The monoisotopic (exact) mass is 407 g/mol. The fraction of sp³-hybridized carbons (Fsp3) is 0.905. The minimum Gasteiger partial charge on any atom is -0.296 e. The Labute approximate surface area is 174 Å². The second-order valence-electron chi connectivity index (χ2n) is 9.24. The van der Waals surface area contributed by atoms with Crippen LogP contribution in [-0.4, -0.2) is 69.1 Å². The first-order valence-electron chi connectivity index (χ1n) is 10.9. The van der Waals surface area contributed by atoms with Crippen LogP contribution in [0.5, 0.6) is 0 Å². The van der Waals surface area contributed by atoms with Crippen molar-refractivity contribution in [3.05, 3.63) is 0 Å². The molecule has 2 saturated heterocycles. The Hall–Kier alpha value is -0.650. The van der Waals surface area contributed by atoms with Crippen LogP contribution in [0.15, 0.2) is 0 Å². The third kappa shape index (κ3) is 4.41. The number of rotatable bonds is 5. The van der Waals surface area contributed by atoms with E-state index in [1.54, 1.807) is 16.8 Å². The molecule has 0 radical (unpaired) electrons. The average Bonchev–Trinajstić information content (AvgIpc) is 3.16. The van der Waals surface area contributed by atoms with E-state index in [1.165, 1.54) is 12.8 Å². The number of Topliss-reactive ketones (excluding diaryl/α,β-unsaturated/α-hetero) is 1. The number of nitrogens with zero attached hydrogens (tertiary/aromatic N) is 4. The van der Waals surface area contributed by atoms with E-state index < -0.39 is 0 Å². The fourth-order valence-corrected chi connectivity index (χ4v) is 6.46. The van der Waals surface area contributed by atoms with Crippen LogP contribution in [0, 0.1) is 23.2 Å². The summed E-state index contributed by atoms with van der Waals surface area (Å²) in [4.78, 5) is 18.2. The molecule has 0 amide bonds. The lowest BCUT2D eigenvalue weighted by Crippen LogP contribution is -2.66. The summed E-state index contributed by atoms with van der Waals surface area (Å²) in [5.74, 6) is 9.70. The molecule has 2 heterocycles. The molecule has 4 unspecified atom stereocenters. The molecule has 0 bridgehead atoms. The van der Waals surface area contributed by atoms with Gasteiger partial charge in [0, 0.05) is 24.2 Å². The number of carbonyl (C=O) groups is 1. The van der Waals surface area contributed by atoms with Crippen LogP contribution in [0.25, 0.3) is 0 Å². The summed E-state index contributed by atoms with van der Waals surface area (Å²) in [5.41, 5.74) is 0. The SMILES string of the molecule is CC1CCC(C2C(=O)C(N(N)C(C)N3CSCC3C#N)CCN2C(C)C)CC1. The first-order valence-corrected chi connectivity index (χ1v) is 12.1. The zero-order valence-corrected chi connectivity index (χ0v) is 18.7. The van der Waals surface area contributed by atoms with Crippen LogP contribution in [-0.2, 0) is 4.79 Å². The van der Waals surface area contributed by atoms with Gasteiger partial charge in [-0.05, 0) is 51.9 Å². The summed E-state index contributed by atoms with van der Waals surface area (Å²) in [6, 6.07) is 2.37. The summed E-state index contributed by atoms with van der Waals surface area (Å²) in [5, 5.41) is 11.2. The number of carbonyl (C=O) groups excluding carboxylic acids is 1. The molecule has 0 aromatic rings. The van der Waals surface area contributed by atoms with Crippen LogP contribution >= 0.6 is 11.8 Å². The highest BCUT2D eigenvalue weighted by Crippen LogP contribution is 2.36. The van der Waals surface area contributed by atoms with Crippen molar-refractivity contribution < 1.29 is 4.79 Å². The van der Waals surface area contributed by atoms with Gasteiger partial charge in [-0.25, -0.2) is 5.01 Å². The Morgan fingerprint density at radius 2 is 1.86 bits per heavy atom. The standard InChI is InChI=1S/C21H37N5OS/c1-14(2)24-10-9-19(21(27)20(24)17-7-5-15(3)6-8-17)26(23)16(4)25-13-28-12-18(25)11-22/h14-20H,5-10,12-13,23H2,1-4H3. The Morgan fingerprint density at radius 1 is 1.18 bits per heavy atom. The summed E-state index contributed by atoms with van der Waals surface area (Å²) >= 11 is 1.76. The number of likely N-dealkylation sites (tertiary alicyclic amines) is 1. The van der Waals surface area contributed by atoms with Gasteiger partial charge in [-0.2, -0.15) is 5.26 Å². The lowest BCUT2D eigenvalue weighted by molar-refractivity contribution is -0.142. The summed E-state index contributed by atoms with van der Waals surface area (Å²) in [7, 11) is 0. The number of hydrogen-bond donors (Lipinski definition) is 1. The smallest absolute Gasteiger partial charge is 0.168 e. The third-order valence-electron chi connectivity index (χ3n) is 7.15. The van der Waals surface area contributed by atoms with E-state index in [-0.39, 0.29) is 24.3 Å². The molecule has 1 aliphatic carbocycles. The van der Waals surface area contributed by atoms with Crippen molar-refractivity contribution in [2.75, 3.05) is 18.2 Å². The van der Waals surface area contributed by atoms with Crippen molar-refractivity contribution in [3.63, 3.8) is 0 Å². The summed E-state index contributed by atoms with van der Waals surface area (Å²) < 4.78 is 0. The number of piperidine rings is 1. The van der Waals surface area contributed by atoms with Gasteiger partial charge in [0.15, 0.2) is 5.78 Å². The van der Waals surface area contributed by atoms with E-state index in [4.69, 9.17) is 5.84 Å². The van der Waals surface area contributed by atoms with Gasteiger partial charge in [0.1, 0.15) is 6.04 Å². The van der Waals surface area contributed by atoms with Crippen molar-refractivity contribution >= 4 is 17.5 Å². The molecule has 0 spiro atoms. The van der Waals surface area contributed by atoms with Crippen molar-refractivity contribution in [1.29, 1.82) is 5.26 Å². The maximum absolute atomic E-state index is 13.7. The molecule has 158 valence electrons. The molecule has 3 fully saturated rings. The number of hydrazine groups is 1. The number of nitriles is 1. The number of thioether (sulfide) groups is 1. The van der Waals surface area contributed by atoms with Crippen LogP contribution in [0.4, 0.5) is 0 Å². The van der Waals surface area contributed by atoms with Gasteiger partial charge in [-0.1, -0.05) is 19.8 Å². The van der Waals surface area contributed by atoms with E-state index in [9.17, 15) is 10.1 Å². The highest BCUT2D eigenvalue weighted by molar-refractivity contribution is 7.99. The molecule has 28 heavy (non-hydrogen) atoms. The highest BCUT2D eigenvalue weighted by Gasteiger charge is 2.46. The summed E-state index contributed by atoms with van der Waals surface area (Å²) in [6.45, 7) is 9.68. The van der Waals surface area contributed by atoms with Crippen LogP contribution in [0.3, 0.4) is 0 Å². The minimum absolute atomic E-state index is 0.00998. The van der Waals surface area contributed by atoms with E-state index in [0.717, 1.165) is 43.4 Å². The predicted octanol–water partition coefficient (Wildman–Crippen LogP) is 2.65. The van der Waals surface area contributed by atoms with Crippen molar-refractivity contribution in [2.45, 2.75) is 90.1 Å². The first kappa shape index (κ1) is 22.0. The molecule has 4 atom stereocenters. The fourth-order valence-electron chi connectivity index (χ4n) is 5.26. The molecular formula is C21H37N5OS. The van der Waals surface area contributed by atoms with Gasteiger partial charge in [0.2, 0.25) is 0 Å². The molecule has 0 aromatic carbocycles.